The second-order valence-corrected chi connectivity index (χ2v) is 4.80. The molecule has 1 aliphatic heterocycles. The Bertz CT molecular complexity index is 509. The molecule has 1 saturated heterocycles. The number of nitrogens with one attached hydrogen (secondary N) is 1. The fourth-order valence-electron chi connectivity index (χ4n) is 2.00. The lowest BCUT2D eigenvalue weighted by molar-refractivity contribution is 0.0662. The Hall–Kier alpha value is -2.12. The van der Waals surface area contributed by atoms with Crippen LogP contribution in [0.3, 0.4) is 0 Å². The van der Waals surface area contributed by atoms with Crippen LogP contribution in [0.4, 0.5) is 0 Å². The fourth-order valence-corrected chi connectivity index (χ4v) is 2.00. The number of piperazine rings is 1. The van der Waals surface area contributed by atoms with E-state index in [-0.39, 0.29) is 11.7 Å². The van der Waals surface area contributed by atoms with Gasteiger partial charge in [-0.3, -0.25) is 10.2 Å². The summed E-state index contributed by atoms with van der Waals surface area (Å²) >= 11 is 0. The van der Waals surface area contributed by atoms with Gasteiger partial charge in [-0.2, -0.15) is 0 Å². The topological polar surface area (TPSA) is 94.2 Å². The van der Waals surface area contributed by atoms with Crippen LogP contribution in [0.5, 0.6) is 0 Å². The summed E-state index contributed by atoms with van der Waals surface area (Å²) in [6, 6.07) is 6.67. The maximum atomic E-state index is 12.1. The molecule has 108 valence electrons. The van der Waals surface area contributed by atoms with E-state index in [0.29, 0.717) is 11.1 Å². The first-order valence-corrected chi connectivity index (χ1v) is 6.42. The first-order chi connectivity index (χ1) is 9.60. The highest BCUT2D eigenvalue weighted by molar-refractivity contribution is 6.01. The van der Waals surface area contributed by atoms with Crippen LogP contribution in [-0.4, -0.2) is 60.1 Å². The summed E-state index contributed by atoms with van der Waals surface area (Å²) in [5.41, 5.74) is 9.37. The molecule has 7 nitrogen and oxygen atoms in total. The van der Waals surface area contributed by atoms with Crippen molar-refractivity contribution in [1.29, 1.82) is 0 Å². The molecule has 0 spiro atoms. The summed E-state index contributed by atoms with van der Waals surface area (Å²) in [5.74, 6) is -0.207. The molecule has 0 unspecified atom stereocenters. The number of carbonyl (C=O) groups excluding carboxylic acids is 1. The minimum atomic E-state index is -0.192. The van der Waals surface area contributed by atoms with Crippen molar-refractivity contribution in [2.24, 2.45) is 10.9 Å². The van der Waals surface area contributed by atoms with Crippen LogP contribution in [-0.2, 0) is 0 Å². The lowest BCUT2D eigenvalue weighted by Crippen LogP contribution is -2.52. The lowest BCUT2D eigenvalue weighted by Gasteiger charge is -2.32. The third kappa shape index (κ3) is 3.46. The van der Waals surface area contributed by atoms with Crippen LogP contribution in [0.1, 0.15) is 15.9 Å². The number of rotatable bonds is 3. The molecule has 4 N–H and O–H groups in total. The molecule has 2 rings (SSSR count). The van der Waals surface area contributed by atoms with Gasteiger partial charge in [0.15, 0.2) is 5.84 Å². The van der Waals surface area contributed by atoms with Crippen molar-refractivity contribution in [1.82, 2.24) is 15.3 Å². The van der Waals surface area contributed by atoms with Crippen LogP contribution in [0, 0.1) is 0 Å². The molecule has 1 fully saturated rings. The van der Waals surface area contributed by atoms with E-state index in [0.717, 1.165) is 26.2 Å². The van der Waals surface area contributed by atoms with Gasteiger partial charge in [0.05, 0.1) is 0 Å². The molecule has 1 heterocycles. The molecule has 1 aromatic carbocycles. The van der Waals surface area contributed by atoms with Crippen LogP contribution >= 0.6 is 0 Å². The summed E-state index contributed by atoms with van der Waals surface area (Å²) in [4.78, 5) is 14.4. The summed E-state index contributed by atoms with van der Waals surface area (Å²) in [5, 5.41) is 13.5. The van der Waals surface area contributed by atoms with E-state index in [1.165, 1.54) is 0 Å². The number of hydrogen-bond acceptors (Lipinski definition) is 5. The minimum Gasteiger partial charge on any atom is -0.409 e. The van der Waals surface area contributed by atoms with Crippen LogP contribution in [0.25, 0.3) is 0 Å². The van der Waals surface area contributed by atoms with Gasteiger partial charge in [0.2, 0.25) is 0 Å². The van der Waals surface area contributed by atoms with E-state index in [2.05, 4.69) is 22.5 Å². The Labute approximate surface area is 117 Å². The number of amides is 1. The predicted octanol–water partition coefficient (Wildman–Crippen LogP) is -0.327. The SMILES string of the molecule is CN1CCN(NC(=O)c2cccc(/C(N)=N/O)c2)CC1. The van der Waals surface area contributed by atoms with Crippen LogP contribution < -0.4 is 11.2 Å². The summed E-state index contributed by atoms with van der Waals surface area (Å²) in [6.07, 6.45) is 0. The molecule has 0 atom stereocenters. The lowest BCUT2D eigenvalue weighted by atomic mass is 10.1. The number of amidine groups is 1. The molecule has 1 aromatic rings. The number of hydrogen-bond donors (Lipinski definition) is 3. The van der Waals surface area contributed by atoms with E-state index in [9.17, 15) is 4.79 Å². The maximum Gasteiger partial charge on any atom is 0.265 e. The number of likely N-dealkylation sites (N-methyl/N-ethyl adjacent to an activating group) is 1. The molecule has 0 aromatic heterocycles. The normalized spacial score (nSPS) is 17.9. The maximum absolute atomic E-state index is 12.1. The van der Waals surface area contributed by atoms with E-state index in [1.54, 1.807) is 24.3 Å². The first-order valence-electron chi connectivity index (χ1n) is 6.42. The molecular formula is C13H19N5O2. The van der Waals surface area contributed by atoms with Gasteiger partial charge >= 0.3 is 0 Å². The number of nitrogens with two attached hydrogens (primary N) is 1. The second kappa shape index (κ2) is 6.36. The van der Waals surface area contributed by atoms with Crippen molar-refractivity contribution in [2.45, 2.75) is 0 Å². The summed E-state index contributed by atoms with van der Waals surface area (Å²) in [6.45, 7) is 3.43. The van der Waals surface area contributed by atoms with Crippen LogP contribution in [0.15, 0.2) is 29.4 Å². The van der Waals surface area contributed by atoms with Gasteiger partial charge in [-0.05, 0) is 19.2 Å². The standard InChI is InChI=1S/C13H19N5O2/c1-17-5-7-18(8-6-17)15-13(19)11-4-2-3-10(9-11)12(14)16-20/h2-4,9,20H,5-8H2,1H3,(H2,14,16)(H,15,19). The van der Waals surface area contributed by atoms with E-state index >= 15 is 0 Å². The van der Waals surface area contributed by atoms with E-state index < -0.39 is 0 Å². The third-order valence-electron chi connectivity index (χ3n) is 3.29. The van der Waals surface area contributed by atoms with Gasteiger partial charge in [0, 0.05) is 37.3 Å². The third-order valence-corrected chi connectivity index (χ3v) is 3.29. The summed E-state index contributed by atoms with van der Waals surface area (Å²) in [7, 11) is 2.06. The molecule has 0 aliphatic carbocycles. The highest BCUT2D eigenvalue weighted by Gasteiger charge is 2.16. The molecule has 7 heteroatoms. The monoisotopic (exact) mass is 277 g/mol. The second-order valence-electron chi connectivity index (χ2n) is 4.80. The van der Waals surface area contributed by atoms with E-state index in [1.807, 2.05) is 5.01 Å². The number of benzene rings is 1. The van der Waals surface area contributed by atoms with Crippen molar-refractivity contribution in [3.8, 4) is 0 Å². The smallest absolute Gasteiger partial charge is 0.265 e. The Kier molecular flexibility index (Phi) is 4.54. The number of carbonyl (C=O) groups is 1. The van der Waals surface area contributed by atoms with Gasteiger partial charge in [0.25, 0.3) is 5.91 Å². The van der Waals surface area contributed by atoms with Crippen molar-refractivity contribution in [3.05, 3.63) is 35.4 Å². The van der Waals surface area contributed by atoms with Gasteiger partial charge in [-0.25, -0.2) is 5.01 Å². The molecule has 0 saturated carbocycles. The quantitative estimate of drug-likeness (QED) is 0.304. The Morgan fingerprint density at radius 2 is 1.95 bits per heavy atom. The Balaban J connectivity index is 2.02. The van der Waals surface area contributed by atoms with Gasteiger partial charge in [0.1, 0.15) is 0 Å². The summed E-state index contributed by atoms with van der Waals surface area (Å²) < 4.78 is 0. The van der Waals surface area contributed by atoms with Gasteiger partial charge in [-0.1, -0.05) is 17.3 Å². The Morgan fingerprint density at radius 3 is 2.60 bits per heavy atom. The molecular weight excluding hydrogens is 258 g/mol. The zero-order valence-corrected chi connectivity index (χ0v) is 11.4. The number of hydrazine groups is 1. The van der Waals surface area contributed by atoms with Crippen molar-refractivity contribution < 1.29 is 10.0 Å². The highest BCUT2D eigenvalue weighted by atomic mass is 16.4. The fraction of sp³-hybridized carbons (Fsp3) is 0.385. The molecule has 20 heavy (non-hydrogen) atoms. The van der Waals surface area contributed by atoms with Crippen molar-refractivity contribution in [3.63, 3.8) is 0 Å². The average molecular weight is 277 g/mol. The predicted molar refractivity (Wildman–Crippen MR) is 75.5 cm³/mol. The largest absolute Gasteiger partial charge is 0.409 e. The molecule has 1 amide bonds. The zero-order chi connectivity index (χ0) is 14.5. The number of nitrogens with zero attached hydrogens (tertiary/aromatic N) is 3. The molecule has 0 bridgehead atoms. The van der Waals surface area contributed by atoms with E-state index in [4.69, 9.17) is 10.9 Å². The minimum absolute atomic E-state index is 0.0146. The van der Waals surface area contributed by atoms with Gasteiger partial charge < -0.3 is 15.8 Å². The van der Waals surface area contributed by atoms with Crippen LogP contribution in [0.2, 0.25) is 0 Å². The first kappa shape index (κ1) is 14.3. The molecule has 1 aliphatic rings. The van der Waals surface area contributed by atoms with Gasteiger partial charge in [-0.15, -0.1) is 0 Å². The number of oxime groups is 1. The molecule has 0 radical (unpaired) electrons. The zero-order valence-electron chi connectivity index (χ0n) is 11.4. The highest BCUT2D eigenvalue weighted by Crippen LogP contribution is 2.06. The average Bonchev–Trinajstić information content (AvgIpc) is 2.49. The van der Waals surface area contributed by atoms with Crippen molar-refractivity contribution >= 4 is 11.7 Å². The van der Waals surface area contributed by atoms with Crippen molar-refractivity contribution in [2.75, 3.05) is 33.2 Å². The Morgan fingerprint density at radius 1 is 1.30 bits per heavy atom.